The molecule has 0 amide bonds. The Labute approximate surface area is 128 Å². The minimum atomic E-state index is -0.474. The van der Waals surface area contributed by atoms with Crippen LogP contribution in [0.25, 0.3) is 0 Å². The molecule has 1 aliphatic rings. The first-order valence-electron chi connectivity index (χ1n) is 8.21. The maximum absolute atomic E-state index is 10.3. The van der Waals surface area contributed by atoms with Gasteiger partial charge >= 0.3 is 0 Å². The van der Waals surface area contributed by atoms with Gasteiger partial charge in [-0.25, -0.2) is 0 Å². The van der Waals surface area contributed by atoms with Gasteiger partial charge in [0, 0.05) is 19.2 Å². The Morgan fingerprint density at radius 3 is 2.52 bits per heavy atom. The van der Waals surface area contributed by atoms with Gasteiger partial charge in [0.1, 0.15) is 0 Å². The molecule has 118 valence electrons. The predicted octanol–water partition coefficient (Wildman–Crippen LogP) is 2.67. The minimum Gasteiger partial charge on any atom is -0.396 e. The standard InChI is InChI=1S/C18H29NO2/c1-13(2)10-14-6-8-15(9-7-14)18(21)11-19-17-5-3-4-16(17)12-20/h6-9,13,16-21H,3-5,10-12H2,1-2H3. The van der Waals surface area contributed by atoms with Crippen LogP contribution >= 0.6 is 0 Å². The number of benzene rings is 1. The number of nitrogens with one attached hydrogen (secondary N) is 1. The third kappa shape index (κ3) is 4.80. The summed E-state index contributed by atoms with van der Waals surface area (Å²) in [5.41, 5.74) is 2.29. The zero-order chi connectivity index (χ0) is 15.2. The van der Waals surface area contributed by atoms with Crippen LogP contribution in [0.1, 0.15) is 50.3 Å². The van der Waals surface area contributed by atoms with E-state index < -0.39 is 6.10 Å². The van der Waals surface area contributed by atoms with E-state index in [4.69, 9.17) is 0 Å². The molecule has 3 heteroatoms. The maximum Gasteiger partial charge on any atom is 0.0914 e. The molecular formula is C18H29NO2. The van der Waals surface area contributed by atoms with Crippen molar-refractivity contribution in [3.05, 3.63) is 35.4 Å². The lowest BCUT2D eigenvalue weighted by Gasteiger charge is -2.21. The van der Waals surface area contributed by atoms with Crippen LogP contribution in [0.2, 0.25) is 0 Å². The molecule has 0 saturated heterocycles. The van der Waals surface area contributed by atoms with E-state index >= 15 is 0 Å². The Bertz CT molecular complexity index is 416. The van der Waals surface area contributed by atoms with Crippen LogP contribution in [0.15, 0.2) is 24.3 Å². The maximum atomic E-state index is 10.3. The van der Waals surface area contributed by atoms with Gasteiger partial charge in [0.25, 0.3) is 0 Å². The molecule has 2 rings (SSSR count). The van der Waals surface area contributed by atoms with Gasteiger partial charge in [-0.3, -0.25) is 0 Å². The first kappa shape index (κ1) is 16.5. The molecule has 0 bridgehead atoms. The number of aliphatic hydroxyl groups excluding tert-OH is 2. The van der Waals surface area contributed by atoms with Crippen LogP contribution in [-0.4, -0.2) is 29.4 Å². The van der Waals surface area contributed by atoms with Crippen LogP contribution in [0.3, 0.4) is 0 Å². The van der Waals surface area contributed by atoms with Gasteiger partial charge in [-0.05, 0) is 42.2 Å². The number of hydrogen-bond acceptors (Lipinski definition) is 3. The molecular weight excluding hydrogens is 262 g/mol. The zero-order valence-electron chi connectivity index (χ0n) is 13.3. The van der Waals surface area contributed by atoms with E-state index in [0.717, 1.165) is 24.8 Å². The van der Waals surface area contributed by atoms with Gasteiger partial charge < -0.3 is 15.5 Å². The van der Waals surface area contributed by atoms with Crippen molar-refractivity contribution < 1.29 is 10.2 Å². The highest BCUT2D eigenvalue weighted by Crippen LogP contribution is 2.25. The van der Waals surface area contributed by atoms with E-state index in [0.29, 0.717) is 24.4 Å². The number of aliphatic hydroxyl groups is 2. The summed E-state index contributed by atoms with van der Waals surface area (Å²) >= 11 is 0. The summed E-state index contributed by atoms with van der Waals surface area (Å²) in [5.74, 6) is 1.01. The summed E-state index contributed by atoms with van der Waals surface area (Å²) in [7, 11) is 0. The molecule has 1 saturated carbocycles. The largest absolute Gasteiger partial charge is 0.396 e. The molecule has 1 aliphatic carbocycles. The Hall–Kier alpha value is -0.900. The summed E-state index contributed by atoms with van der Waals surface area (Å²) in [5, 5.41) is 23.0. The number of hydrogen-bond donors (Lipinski definition) is 3. The van der Waals surface area contributed by atoms with E-state index in [1.807, 2.05) is 12.1 Å². The lowest BCUT2D eigenvalue weighted by molar-refractivity contribution is 0.155. The Kier molecular flexibility index (Phi) is 6.22. The van der Waals surface area contributed by atoms with Gasteiger partial charge in [-0.1, -0.05) is 44.5 Å². The lowest BCUT2D eigenvalue weighted by atomic mass is 10.00. The third-order valence-electron chi connectivity index (χ3n) is 4.48. The fourth-order valence-corrected chi connectivity index (χ4v) is 3.25. The van der Waals surface area contributed by atoms with Crippen molar-refractivity contribution >= 4 is 0 Å². The van der Waals surface area contributed by atoms with Crippen molar-refractivity contribution in [3.63, 3.8) is 0 Å². The second-order valence-corrected chi connectivity index (χ2v) is 6.74. The molecule has 3 N–H and O–H groups in total. The van der Waals surface area contributed by atoms with Gasteiger partial charge in [0.2, 0.25) is 0 Å². The summed E-state index contributed by atoms with van der Waals surface area (Å²) in [6.07, 6.45) is 3.97. The van der Waals surface area contributed by atoms with Gasteiger partial charge in [0.15, 0.2) is 0 Å². The van der Waals surface area contributed by atoms with E-state index in [1.165, 1.54) is 12.0 Å². The second kappa shape index (κ2) is 7.92. The van der Waals surface area contributed by atoms with E-state index in [1.54, 1.807) is 0 Å². The molecule has 0 heterocycles. The summed E-state index contributed by atoms with van der Waals surface area (Å²) < 4.78 is 0. The quantitative estimate of drug-likeness (QED) is 0.724. The van der Waals surface area contributed by atoms with Crippen LogP contribution in [-0.2, 0) is 6.42 Å². The monoisotopic (exact) mass is 291 g/mol. The zero-order valence-corrected chi connectivity index (χ0v) is 13.3. The molecule has 21 heavy (non-hydrogen) atoms. The molecule has 3 nitrogen and oxygen atoms in total. The average molecular weight is 291 g/mol. The van der Waals surface area contributed by atoms with Gasteiger partial charge in [0.05, 0.1) is 6.10 Å². The molecule has 0 aromatic heterocycles. The molecule has 1 aromatic carbocycles. The van der Waals surface area contributed by atoms with E-state index in [-0.39, 0.29) is 6.61 Å². The molecule has 1 fully saturated rings. The van der Waals surface area contributed by atoms with Crippen molar-refractivity contribution in [1.29, 1.82) is 0 Å². The first-order valence-corrected chi connectivity index (χ1v) is 8.21. The molecule has 0 aliphatic heterocycles. The van der Waals surface area contributed by atoms with Crippen LogP contribution < -0.4 is 5.32 Å². The van der Waals surface area contributed by atoms with E-state index in [2.05, 4.69) is 31.3 Å². The van der Waals surface area contributed by atoms with Crippen molar-refractivity contribution in [1.82, 2.24) is 5.32 Å². The first-order chi connectivity index (χ1) is 10.1. The Balaban J connectivity index is 1.84. The van der Waals surface area contributed by atoms with Gasteiger partial charge in [-0.15, -0.1) is 0 Å². The summed E-state index contributed by atoms with van der Waals surface area (Å²) in [6, 6.07) is 8.64. The smallest absolute Gasteiger partial charge is 0.0914 e. The molecule has 3 unspecified atom stereocenters. The molecule has 0 radical (unpaired) electrons. The fourth-order valence-electron chi connectivity index (χ4n) is 3.25. The topological polar surface area (TPSA) is 52.5 Å². The highest BCUT2D eigenvalue weighted by molar-refractivity contribution is 5.24. The van der Waals surface area contributed by atoms with Crippen molar-refractivity contribution in [2.45, 2.75) is 51.7 Å². The second-order valence-electron chi connectivity index (χ2n) is 6.74. The molecule has 3 atom stereocenters. The van der Waals surface area contributed by atoms with Crippen molar-refractivity contribution in [2.24, 2.45) is 11.8 Å². The highest BCUT2D eigenvalue weighted by Gasteiger charge is 2.26. The summed E-state index contributed by atoms with van der Waals surface area (Å²) in [4.78, 5) is 0. The number of rotatable bonds is 7. The summed E-state index contributed by atoms with van der Waals surface area (Å²) in [6.45, 7) is 5.24. The lowest BCUT2D eigenvalue weighted by Crippen LogP contribution is -2.36. The predicted molar refractivity (Wildman–Crippen MR) is 86.2 cm³/mol. The van der Waals surface area contributed by atoms with Crippen molar-refractivity contribution in [3.8, 4) is 0 Å². The highest BCUT2D eigenvalue weighted by atomic mass is 16.3. The third-order valence-corrected chi connectivity index (χ3v) is 4.48. The normalized spacial score (nSPS) is 23.7. The molecule has 1 aromatic rings. The van der Waals surface area contributed by atoms with Crippen LogP contribution in [0.4, 0.5) is 0 Å². The van der Waals surface area contributed by atoms with Crippen LogP contribution in [0, 0.1) is 11.8 Å². The minimum absolute atomic E-state index is 0.248. The Morgan fingerprint density at radius 2 is 1.90 bits per heavy atom. The Morgan fingerprint density at radius 1 is 1.19 bits per heavy atom. The molecule has 0 spiro atoms. The average Bonchev–Trinajstić information content (AvgIpc) is 2.92. The SMILES string of the molecule is CC(C)Cc1ccc(C(O)CNC2CCCC2CO)cc1. The van der Waals surface area contributed by atoms with Crippen LogP contribution in [0.5, 0.6) is 0 Å². The fraction of sp³-hybridized carbons (Fsp3) is 0.667. The van der Waals surface area contributed by atoms with E-state index in [9.17, 15) is 10.2 Å². The van der Waals surface area contributed by atoms with Crippen molar-refractivity contribution in [2.75, 3.05) is 13.2 Å². The van der Waals surface area contributed by atoms with Gasteiger partial charge in [-0.2, -0.15) is 0 Å².